The molecule has 0 aliphatic heterocycles. The number of nitrogens with zero attached hydrogens (tertiary/aromatic N) is 2. The van der Waals surface area contributed by atoms with Crippen molar-refractivity contribution in [2.75, 3.05) is 16.8 Å². The van der Waals surface area contributed by atoms with E-state index in [0.29, 0.717) is 41.5 Å². The maximum absolute atomic E-state index is 14.3. The topological polar surface area (TPSA) is 65.5 Å². The Labute approximate surface area is 271 Å². The van der Waals surface area contributed by atoms with Gasteiger partial charge in [0.15, 0.2) is 5.13 Å². The predicted octanol–water partition coefficient (Wildman–Crippen LogP) is 9.49. The number of aromatic nitrogens is 1. The van der Waals surface area contributed by atoms with Crippen LogP contribution in [0.25, 0.3) is 11.3 Å². The minimum atomic E-state index is -4.38. The summed E-state index contributed by atoms with van der Waals surface area (Å²) in [5, 5.41) is 14.7. The van der Waals surface area contributed by atoms with Crippen molar-refractivity contribution in [1.29, 1.82) is 0 Å². The molecular formula is C32H35Cl2F4N3O2S. The number of alkyl halides is 3. The van der Waals surface area contributed by atoms with Crippen LogP contribution >= 0.6 is 36.2 Å². The molecule has 1 aromatic heterocycles. The molecule has 4 rings (SSSR count). The van der Waals surface area contributed by atoms with Gasteiger partial charge in [-0.3, -0.25) is 4.79 Å². The molecule has 0 aliphatic carbocycles. The maximum atomic E-state index is 14.3. The highest BCUT2D eigenvalue weighted by molar-refractivity contribution is 7.14. The van der Waals surface area contributed by atoms with Crippen molar-refractivity contribution in [3.05, 3.63) is 100 Å². The van der Waals surface area contributed by atoms with Gasteiger partial charge >= 0.3 is 12.1 Å². The molecule has 0 fully saturated rings. The first-order valence-electron chi connectivity index (χ1n) is 13.7. The zero-order valence-corrected chi connectivity index (χ0v) is 26.7. The molecular weight excluding hydrogens is 637 g/mol. The minimum Gasteiger partial charge on any atom is -0.481 e. The van der Waals surface area contributed by atoms with Crippen molar-refractivity contribution in [1.82, 2.24) is 4.98 Å². The van der Waals surface area contributed by atoms with Crippen LogP contribution in [0, 0.1) is 11.7 Å². The molecule has 44 heavy (non-hydrogen) atoms. The monoisotopic (exact) mass is 671 g/mol. The third-order valence-electron chi connectivity index (χ3n) is 6.80. The van der Waals surface area contributed by atoms with E-state index in [1.54, 1.807) is 12.1 Å². The van der Waals surface area contributed by atoms with E-state index in [9.17, 15) is 22.4 Å². The Hall–Kier alpha value is -3.34. The summed E-state index contributed by atoms with van der Waals surface area (Å²) in [6.07, 6.45) is -3.38. The van der Waals surface area contributed by atoms with Crippen LogP contribution in [0.5, 0.6) is 0 Å². The van der Waals surface area contributed by atoms with Gasteiger partial charge in [0, 0.05) is 42.7 Å². The normalized spacial score (nSPS) is 11.1. The Morgan fingerprint density at radius 1 is 1.00 bits per heavy atom. The number of carbonyl (C=O) groups is 1. The molecule has 0 atom stereocenters. The first-order valence-corrected chi connectivity index (χ1v) is 14.6. The molecule has 0 saturated carbocycles. The molecule has 5 nitrogen and oxygen atoms in total. The number of hydrogen-bond donors (Lipinski definition) is 2. The number of anilines is 2. The van der Waals surface area contributed by atoms with Gasteiger partial charge in [0.1, 0.15) is 5.82 Å². The van der Waals surface area contributed by atoms with Crippen LogP contribution in [0.3, 0.4) is 0 Å². The lowest BCUT2D eigenvalue weighted by Gasteiger charge is -2.23. The maximum Gasteiger partial charge on any atom is 0.416 e. The van der Waals surface area contributed by atoms with Gasteiger partial charge in [-0.05, 0) is 59.7 Å². The van der Waals surface area contributed by atoms with Gasteiger partial charge in [0.2, 0.25) is 0 Å². The van der Waals surface area contributed by atoms with Gasteiger partial charge in [0.05, 0.1) is 11.3 Å². The number of aliphatic carboxylic acids is 1. The quantitative estimate of drug-likeness (QED) is 0.139. The molecule has 0 saturated heterocycles. The second kappa shape index (κ2) is 16.7. The van der Waals surface area contributed by atoms with Crippen LogP contribution in [0.2, 0.25) is 0 Å². The molecule has 0 bridgehead atoms. The summed E-state index contributed by atoms with van der Waals surface area (Å²) >= 11 is 1.47. The number of hydrogen-bond acceptors (Lipinski definition) is 5. The Morgan fingerprint density at radius 3 is 2.25 bits per heavy atom. The minimum absolute atomic E-state index is 0. The number of thiazole rings is 1. The third kappa shape index (κ3) is 10.7. The number of carboxylic acid groups (broad SMARTS) is 1. The standard InChI is InChI=1S/C32H33F4N3O2S.2ClH/c1-21(2)15-16-39(31-38-29(20-42-31)25-7-11-26(12-8-25)32(34,35)36)19-23-5-3-22(4-6-23)18-37-27-13-9-24(28(33)17-27)10-14-30(40)41;;/h3-9,11-13,17,20-21,37H,10,14-16,18-19H2,1-2H3,(H,40,41);2*1H. The number of aryl methyl sites for hydroxylation is 1. The predicted molar refractivity (Wildman–Crippen MR) is 174 cm³/mol. The van der Waals surface area contributed by atoms with Crippen LogP contribution in [-0.2, 0) is 30.5 Å². The van der Waals surface area contributed by atoms with Crippen molar-refractivity contribution >= 4 is 52.9 Å². The van der Waals surface area contributed by atoms with E-state index in [0.717, 1.165) is 41.4 Å². The highest BCUT2D eigenvalue weighted by atomic mass is 35.5. The molecule has 0 aliphatic rings. The average Bonchev–Trinajstić information content (AvgIpc) is 3.44. The summed E-state index contributed by atoms with van der Waals surface area (Å²) < 4.78 is 53.2. The van der Waals surface area contributed by atoms with Gasteiger partial charge in [-0.2, -0.15) is 13.2 Å². The Morgan fingerprint density at radius 2 is 1.66 bits per heavy atom. The molecule has 4 aromatic rings. The van der Waals surface area contributed by atoms with Crippen LogP contribution in [0.4, 0.5) is 28.4 Å². The number of nitrogens with one attached hydrogen (secondary N) is 1. The largest absolute Gasteiger partial charge is 0.481 e. The van der Waals surface area contributed by atoms with Crippen molar-refractivity contribution in [2.24, 2.45) is 5.92 Å². The fourth-order valence-corrected chi connectivity index (χ4v) is 5.18. The molecule has 0 unspecified atom stereocenters. The fourth-order valence-electron chi connectivity index (χ4n) is 4.32. The van der Waals surface area contributed by atoms with Gasteiger partial charge in [-0.25, -0.2) is 9.37 Å². The highest BCUT2D eigenvalue weighted by Crippen LogP contribution is 2.33. The molecule has 12 heteroatoms. The van der Waals surface area contributed by atoms with E-state index in [-0.39, 0.29) is 37.7 Å². The first kappa shape index (κ1) is 36.8. The number of rotatable bonds is 13. The summed E-state index contributed by atoms with van der Waals surface area (Å²) in [4.78, 5) is 17.7. The number of carboxylic acids is 1. The van der Waals surface area contributed by atoms with Gasteiger partial charge in [0.25, 0.3) is 0 Å². The molecule has 2 N–H and O–H groups in total. The van der Waals surface area contributed by atoms with Crippen molar-refractivity contribution in [2.45, 2.75) is 52.4 Å². The molecule has 1 heterocycles. The van der Waals surface area contributed by atoms with E-state index in [2.05, 4.69) is 24.1 Å². The Bertz CT molecular complexity index is 1480. The van der Waals surface area contributed by atoms with E-state index in [1.807, 2.05) is 29.6 Å². The lowest BCUT2D eigenvalue weighted by molar-refractivity contribution is -0.138. The van der Waals surface area contributed by atoms with Crippen LogP contribution in [0.15, 0.2) is 72.1 Å². The summed E-state index contributed by atoms with van der Waals surface area (Å²) in [6, 6.07) is 17.9. The summed E-state index contributed by atoms with van der Waals surface area (Å²) in [5.74, 6) is -0.897. The average molecular weight is 673 g/mol. The molecule has 0 radical (unpaired) electrons. The van der Waals surface area contributed by atoms with Crippen molar-refractivity contribution in [3.63, 3.8) is 0 Å². The highest BCUT2D eigenvalue weighted by Gasteiger charge is 2.30. The molecule has 0 spiro atoms. The van der Waals surface area contributed by atoms with Crippen molar-refractivity contribution in [3.8, 4) is 11.3 Å². The zero-order chi connectivity index (χ0) is 30.3. The zero-order valence-electron chi connectivity index (χ0n) is 24.2. The lowest BCUT2D eigenvalue weighted by Crippen LogP contribution is -2.24. The van der Waals surface area contributed by atoms with E-state index in [1.165, 1.54) is 29.5 Å². The lowest BCUT2D eigenvalue weighted by atomic mass is 10.1. The smallest absolute Gasteiger partial charge is 0.416 e. The third-order valence-corrected chi connectivity index (χ3v) is 7.70. The van der Waals surface area contributed by atoms with Gasteiger partial charge in [-0.15, -0.1) is 36.2 Å². The SMILES string of the molecule is CC(C)CCN(Cc1ccc(CNc2ccc(CCC(=O)O)c(F)c2)cc1)c1nc(-c2ccc(C(F)(F)F)cc2)cs1.Cl.Cl. The fraction of sp³-hybridized carbons (Fsp3) is 0.312. The summed E-state index contributed by atoms with van der Waals surface area (Å²) in [5.41, 5.74) is 3.69. The Kier molecular flexibility index (Phi) is 13.9. The number of halogens is 6. The van der Waals surface area contributed by atoms with Gasteiger partial charge < -0.3 is 15.3 Å². The van der Waals surface area contributed by atoms with Crippen LogP contribution in [-0.4, -0.2) is 22.6 Å². The number of benzene rings is 3. The molecule has 3 aromatic carbocycles. The second-order valence-electron chi connectivity index (χ2n) is 10.6. The summed E-state index contributed by atoms with van der Waals surface area (Å²) in [6.45, 7) is 6.22. The van der Waals surface area contributed by atoms with Crippen LogP contribution in [0.1, 0.15) is 48.9 Å². The van der Waals surface area contributed by atoms with Crippen LogP contribution < -0.4 is 10.2 Å². The van der Waals surface area contributed by atoms with E-state index in [4.69, 9.17) is 10.1 Å². The Balaban J connectivity index is 0.00000337. The van der Waals surface area contributed by atoms with Crippen molar-refractivity contribution < 1.29 is 27.5 Å². The van der Waals surface area contributed by atoms with E-state index >= 15 is 0 Å². The first-order chi connectivity index (χ1) is 20.0. The molecule has 0 amide bonds. The summed E-state index contributed by atoms with van der Waals surface area (Å²) in [7, 11) is 0. The van der Waals surface area contributed by atoms with E-state index < -0.39 is 23.5 Å². The second-order valence-corrected chi connectivity index (χ2v) is 11.4. The molecule has 238 valence electrons. The van der Waals surface area contributed by atoms with Gasteiger partial charge in [-0.1, -0.05) is 56.3 Å².